The molecule has 0 radical (unpaired) electrons. The lowest BCUT2D eigenvalue weighted by molar-refractivity contribution is -0.141. The number of amides is 2. The molecule has 1 aliphatic heterocycles. The van der Waals surface area contributed by atoms with Crippen molar-refractivity contribution >= 4 is 34.8 Å². The number of hydrogen-bond donors (Lipinski definition) is 0. The van der Waals surface area contributed by atoms with E-state index in [0.29, 0.717) is 31.0 Å². The number of aryl methyl sites for hydroxylation is 1. The first-order chi connectivity index (χ1) is 16.6. The van der Waals surface area contributed by atoms with Gasteiger partial charge in [0, 0.05) is 29.4 Å². The van der Waals surface area contributed by atoms with Crippen molar-refractivity contribution in [2.75, 3.05) is 19.6 Å². The number of thiophene rings is 1. The Morgan fingerprint density at radius 1 is 1.09 bits per heavy atom. The maximum atomic E-state index is 13.6. The largest absolute Gasteiger partial charge is 0.333 e. The highest BCUT2D eigenvalue weighted by Gasteiger charge is 2.33. The number of carbonyl (C=O) groups is 2. The van der Waals surface area contributed by atoms with Crippen LogP contribution < -0.4 is 0 Å². The Labute approximate surface area is 211 Å². The quantitative estimate of drug-likeness (QED) is 0.358. The third-order valence-corrected chi connectivity index (χ3v) is 7.65. The summed E-state index contributed by atoms with van der Waals surface area (Å²) in [6.45, 7) is 3.49. The van der Waals surface area contributed by atoms with Gasteiger partial charge in [-0.15, -0.1) is 11.3 Å². The molecule has 0 fully saturated rings. The molecule has 1 aromatic heterocycles. The fourth-order valence-electron chi connectivity index (χ4n) is 4.54. The molecular formula is C28H31ClN2O2S. The summed E-state index contributed by atoms with van der Waals surface area (Å²) in [5, 5.41) is 2.78. The predicted molar refractivity (Wildman–Crippen MR) is 139 cm³/mol. The summed E-state index contributed by atoms with van der Waals surface area (Å²) < 4.78 is 0. The number of unbranched alkanes of at least 4 members (excludes halogenated alkanes) is 1. The van der Waals surface area contributed by atoms with E-state index in [0.717, 1.165) is 30.4 Å². The molecule has 0 saturated carbocycles. The van der Waals surface area contributed by atoms with E-state index in [1.807, 2.05) is 59.5 Å². The highest BCUT2D eigenvalue weighted by molar-refractivity contribution is 7.10. The van der Waals surface area contributed by atoms with E-state index < -0.39 is 0 Å². The summed E-state index contributed by atoms with van der Waals surface area (Å²) in [5.74, 6) is 0.0443. The summed E-state index contributed by atoms with van der Waals surface area (Å²) in [6, 6.07) is 19.8. The van der Waals surface area contributed by atoms with Crippen molar-refractivity contribution in [3.05, 3.63) is 92.6 Å². The standard InChI is InChI=1S/C28H31ClN2O2S/c1-2-3-17-30(26(32)14-9-21-7-5-4-6-8-21)20-27(33)31-18-15-25-24(16-19-34-25)28(31)22-10-12-23(29)13-11-22/h4-8,10-13,16,19,28H,2-3,9,14-15,17-18,20H2,1H3. The van der Waals surface area contributed by atoms with Crippen molar-refractivity contribution < 1.29 is 9.59 Å². The van der Waals surface area contributed by atoms with Crippen LogP contribution >= 0.6 is 22.9 Å². The maximum Gasteiger partial charge on any atom is 0.242 e. The zero-order chi connectivity index (χ0) is 23.9. The molecule has 2 amide bonds. The Hall–Kier alpha value is -2.63. The van der Waals surface area contributed by atoms with Crippen LogP contribution in [0.4, 0.5) is 0 Å². The fraction of sp³-hybridized carbons (Fsp3) is 0.357. The Bertz CT molecular complexity index is 1100. The van der Waals surface area contributed by atoms with E-state index in [1.54, 1.807) is 16.2 Å². The van der Waals surface area contributed by atoms with Gasteiger partial charge in [0.25, 0.3) is 0 Å². The van der Waals surface area contributed by atoms with Gasteiger partial charge in [0.15, 0.2) is 0 Å². The molecule has 1 atom stereocenters. The fourth-order valence-corrected chi connectivity index (χ4v) is 5.57. The van der Waals surface area contributed by atoms with Crippen LogP contribution in [0.1, 0.15) is 53.8 Å². The van der Waals surface area contributed by atoms with Crippen LogP contribution in [-0.2, 0) is 22.4 Å². The normalized spacial score (nSPS) is 15.1. The molecule has 0 spiro atoms. The molecule has 2 aromatic carbocycles. The van der Waals surface area contributed by atoms with Crippen molar-refractivity contribution in [1.82, 2.24) is 9.80 Å². The second-order valence-electron chi connectivity index (χ2n) is 8.74. The van der Waals surface area contributed by atoms with Crippen molar-refractivity contribution in [2.45, 2.75) is 45.1 Å². The minimum absolute atomic E-state index is 0.000893. The number of hydrogen-bond acceptors (Lipinski definition) is 3. The SMILES string of the molecule is CCCCN(CC(=O)N1CCc2sccc2C1c1ccc(Cl)cc1)C(=O)CCc1ccccc1. The van der Waals surface area contributed by atoms with Crippen molar-refractivity contribution in [2.24, 2.45) is 0 Å². The summed E-state index contributed by atoms with van der Waals surface area (Å²) in [4.78, 5) is 31.8. The molecule has 1 unspecified atom stereocenters. The molecule has 0 saturated heterocycles. The van der Waals surface area contributed by atoms with Crippen LogP contribution in [0.15, 0.2) is 66.0 Å². The van der Waals surface area contributed by atoms with Crippen LogP contribution in [-0.4, -0.2) is 41.2 Å². The zero-order valence-electron chi connectivity index (χ0n) is 19.6. The van der Waals surface area contributed by atoms with Crippen molar-refractivity contribution in [3.8, 4) is 0 Å². The predicted octanol–water partition coefficient (Wildman–Crippen LogP) is 6.14. The molecule has 3 aromatic rings. The highest BCUT2D eigenvalue weighted by atomic mass is 35.5. The summed E-state index contributed by atoms with van der Waals surface area (Å²) in [7, 11) is 0. The summed E-state index contributed by atoms with van der Waals surface area (Å²) in [5.41, 5.74) is 3.37. The Morgan fingerprint density at radius 2 is 1.85 bits per heavy atom. The summed E-state index contributed by atoms with van der Waals surface area (Å²) in [6.07, 6.45) is 3.81. The first-order valence-corrected chi connectivity index (χ1v) is 13.3. The molecule has 4 rings (SSSR count). The maximum absolute atomic E-state index is 13.6. The Kier molecular flexibility index (Phi) is 8.41. The molecule has 0 aliphatic carbocycles. The smallest absolute Gasteiger partial charge is 0.242 e. The van der Waals surface area contributed by atoms with Crippen LogP contribution in [0, 0.1) is 0 Å². The van der Waals surface area contributed by atoms with Gasteiger partial charge in [0.2, 0.25) is 11.8 Å². The van der Waals surface area contributed by atoms with E-state index in [-0.39, 0.29) is 24.4 Å². The number of halogens is 1. The number of nitrogens with zero attached hydrogens (tertiary/aromatic N) is 2. The first kappa shape index (κ1) is 24.5. The molecule has 0 bridgehead atoms. The van der Waals surface area contributed by atoms with Gasteiger partial charge in [-0.05, 0) is 59.5 Å². The zero-order valence-corrected chi connectivity index (χ0v) is 21.2. The highest BCUT2D eigenvalue weighted by Crippen LogP contribution is 2.38. The molecule has 34 heavy (non-hydrogen) atoms. The van der Waals surface area contributed by atoms with Gasteiger partial charge in [-0.3, -0.25) is 9.59 Å². The molecule has 6 heteroatoms. The number of fused-ring (bicyclic) bond motifs is 1. The second kappa shape index (κ2) is 11.7. The van der Waals surface area contributed by atoms with E-state index in [1.165, 1.54) is 10.4 Å². The summed E-state index contributed by atoms with van der Waals surface area (Å²) >= 11 is 7.88. The van der Waals surface area contributed by atoms with Gasteiger partial charge in [-0.25, -0.2) is 0 Å². The van der Waals surface area contributed by atoms with Gasteiger partial charge in [0.05, 0.1) is 12.6 Å². The molecule has 2 heterocycles. The van der Waals surface area contributed by atoms with Crippen LogP contribution in [0.3, 0.4) is 0 Å². The van der Waals surface area contributed by atoms with E-state index in [9.17, 15) is 9.59 Å². The minimum Gasteiger partial charge on any atom is -0.333 e. The minimum atomic E-state index is -0.146. The van der Waals surface area contributed by atoms with Crippen LogP contribution in [0.25, 0.3) is 0 Å². The monoisotopic (exact) mass is 494 g/mol. The van der Waals surface area contributed by atoms with Crippen LogP contribution in [0.2, 0.25) is 5.02 Å². The van der Waals surface area contributed by atoms with E-state index in [2.05, 4.69) is 18.4 Å². The Morgan fingerprint density at radius 3 is 2.59 bits per heavy atom. The number of rotatable bonds is 9. The molecular weight excluding hydrogens is 464 g/mol. The molecule has 1 aliphatic rings. The average Bonchev–Trinajstić information content (AvgIpc) is 3.34. The van der Waals surface area contributed by atoms with Crippen LogP contribution in [0.5, 0.6) is 0 Å². The third-order valence-electron chi connectivity index (χ3n) is 6.40. The van der Waals surface area contributed by atoms with Gasteiger partial charge in [0.1, 0.15) is 0 Å². The molecule has 4 nitrogen and oxygen atoms in total. The second-order valence-corrected chi connectivity index (χ2v) is 10.2. The van der Waals surface area contributed by atoms with Crippen molar-refractivity contribution in [1.29, 1.82) is 0 Å². The first-order valence-electron chi connectivity index (χ1n) is 12.0. The van der Waals surface area contributed by atoms with Gasteiger partial charge < -0.3 is 9.80 Å². The average molecular weight is 495 g/mol. The number of carbonyl (C=O) groups excluding carboxylic acids is 2. The van der Waals surface area contributed by atoms with Gasteiger partial charge in [-0.2, -0.15) is 0 Å². The Balaban J connectivity index is 1.51. The molecule has 178 valence electrons. The van der Waals surface area contributed by atoms with Crippen molar-refractivity contribution in [3.63, 3.8) is 0 Å². The van der Waals surface area contributed by atoms with E-state index in [4.69, 9.17) is 11.6 Å². The van der Waals surface area contributed by atoms with Gasteiger partial charge >= 0.3 is 0 Å². The molecule has 0 N–H and O–H groups in total. The topological polar surface area (TPSA) is 40.6 Å². The third kappa shape index (κ3) is 5.89. The van der Waals surface area contributed by atoms with Gasteiger partial charge in [-0.1, -0.05) is 67.4 Å². The number of benzene rings is 2. The van der Waals surface area contributed by atoms with E-state index >= 15 is 0 Å². The lowest BCUT2D eigenvalue weighted by Crippen LogP contribution is -2.47. The lowest BCUT2D eigenvalue weighted by Gasteiger charge is -2.37. The lowest BCUT2D eigenvalue weighted by atomic mass is 9.93.